The molecule has 26 heavy (non-hydrogen) atoms. The van der Waals surface area contributed by atoms with Crippen molar-refractivity contribution in [2.75, 3.05) is 11.9 Å². The average Bonchev–Trinajstić information content (AvgIpc) is 3.32. The zero-order valence-electron chi connectivity index (χ0n) is 13.4. The third-order valence-electron chi connectivity index (χ3n) is 3.53. The first-order valence-corrected chi connectivity index (χ1v) is 9.44. The quantitative estimate of drug-likeness (QED) is 0.584. The Kier molecular flexibility index (Phi) is 5.77. The lowest BCUT2D eigenvalue weighted by Gasteiger charge is -2.10. The van der Waals surface area contributed by atoms with E-state index in [9.17, 15) is 19.1 Å². The van der Waals surface area contributed by atoms with Crippen LogP contribution in [0.1, 0.15) is 11.0 Å². The third-order valence-corrected chi connectivity index (χ3v) is 5.44. The molecule has 0 saturated heterocycles. The van der Waals surface area contributed by atoms with Crippen molar-refractivity contribution in [2.24, 2.45) is 0 Å². The molecule has 0 radical (unpaired) electrons. The van der Waals surface area contributed by atoms with Gasteiger partial charge in [-0.3, -0.25) is 9.59 Å². The van der Waals surface area contributed by atoms with Gasteiger partial charge < -0.3 is 15.7 Å². The number of carbonyl (C=O) groups is 2. The van der Waals surface area contributed by atoms with Gasteiger partial charge in [0.2, 0.25) is 0 Å². The van der Waals surface area contributed by atoms with E-state index in [0.29, 0.717) is 10.6 Å². The summed E-state index contributed by atoms with van der Waals surface area (Å²) in [6.07, 6.45) is -0.907. The molecule has 0 spiro atoms. The number of amides is 2. The lowest BCUT2D eigenvalue weighted by atomic mass is 10.2. The zero-order valence-corrected chi connectivity index (χ0v) is 15.1. The van der Waals surface area contributed by atoms with Crippen LogP contribution in [0.5, 0.6) is 0 Å². The predicted octanol–water partition coefficient (Wildman–Crippen LogP) is 3.40. The summed E-state index contributed by atoms with van der Waals surface area (Å²) in [7, 11) is 0. The van der Waals surface area contributed by atoms with Crippen molar-refractivity contribution in [3.05, 3.63) is 63.9 Å². The van der Waals surface area contributed by atoms with E-state index in [1.54, 1.807) is 17.4 Å². The first-order valence-electron chi connectivity index (χ1n) is 7.68. The van der Waals surface area contributed by atoms with E-state index in [1.807, 2.05) is 22.9 Å². The Balaban J connectivity index is 1.52. The van der Waals surface area contributed by atoms with Crippen LogP contribution >= 0.6 is 22.7 Å². The lowest BCUT2D eigenvalue weighted by Crippen LogP contribution is -2.37. The van der Waals surface area contributed by atoms with Crippen LogP contribution < -0.4 is 10.6 Å². The zero-order chi connectivity index (χ0) is 18.5. The van der Waals surface area contributed by atoms with E-state index >= 15 is 0 Å². The molecular formula is C18H15FN2O3S2. The second kappa shape index (κ2) is 8.22. The van der Waals surface area contributed by atoms with Crippen LogP contribution in [0.3, 0.4) is 0 Å². The van der Waals surface area contributed by atoms with Gasteiger partial charge in [-0.25, -0.2) is 4.39 Å². The molecule has 2 amide bonds. The van der Waals surface area contributed by atoms with E-state index in [0.717, 1.165) is 10.4 Å². The highest BCUT2D eigenvalue weighted by atomic mass is 32.1. The number of benzene rings is 1. The number of nitrogens with one attached hydrogen (secondary N) is 2. The van der Waals surface area contributed by atoms with Gasteiger partial charge in [-0.15, -0.1) is 11.3 Å². The number of aliphatic hydroxyl groups is 1. The summed E-state index contributed by atoms with van der Waals surface area (Å²) in [4.78, 5) is 25.4. The number of hydrogen-bond acceptors (Lipinski definition) is 5. The normalized spacial score (nSPS) is 11.8. The fourth-order valence-corrected chi connectivity index (χ4v) is 3.90. The first kappa shape index (κ1) is 18.2. The van der Waals surface area contributed by atoms with Gasteiger partial charge in [0.1, 0.15) is 11.9 Å². The molecule has 0 aliphatic carbocycles. The van der Waals surface area contributed by atoms with E-state index < -0.39 is 23.7 Å². The number of aliphatic hydroxyl groups excluding tert-OH is 1. The van der Waals surface area contributed by atoms with Gasteiger partial charge in [-0.1, -0.05) is 0 Å². The number of anilines is 1. The van der Waals surface area contributed by atoms with Crippen molar-refractivity contribution in [3.63, 3.8) is 0 Å². The molecule has 3 aromatic rings. The van der Waals surface area contributed by atoms with Gasteiger partial charge in [0, 0.05) is 27.5 Å². The molecule has 0 aliphatic heterocycles. The maximum atomic E-state index is 12.8. The number of hydrogen-bond donors (Lipinski definition) is 3. The molecular weight excluding hydrogens is 375 g/mol. The minimum Gasteiger partial charge on any atom is -0.386 e. The molecule has 1 unspecified atom stereocenters. The fourth-order valence-electron chi connectivity index (χ4n) is 2.18. The smallest absolute Gasteiger partial charge is 0.313 e. The van der Waals surface area contributed by atoms with Crippen LogP contribution in [0.25, 0.3) is 10.4 Å². The summed E-state index contributed by atoms with van der Waals surface area (Å²) in [5, 5.41) is 19.0. The van der Waals surface area contributed by atoms with Gasteiger partial charge >= 0.3 is 11.8 Å². The monoisotopic (exact) mass is 390 g/mol. The van der Waals surface area contributed by atoms with Crippen molar-refractivity contribution in [2.45, 2.75) is 6.10 Å². The van der Waals surface area contributed by atoms with Crippen LogP contribution in [0.2, 0.25) is 0 Å². The maximum Gasteiger partial charge on any atom is 0.313 e. The minimum absolute atomic E-state index is 0.0841. The molecule has 3 N–H and O–H groups in total. The highest BCUT2D eigenvalue weighted by molar-refractivity contribution is 7.16. The van der Waals surface area contributed by atoms with Crippen LogP contribution in [-0.2, 0) is 9.59 Å². The summed E-state index contributed by atoms with van der Waals surface area (Å²) in [5.74, 6) is -2.19. The summed E-state index contributed by atoms with van der Waals surface area (Å²) >= 11 is 3.02. The number of halogens is 1. The molecule has 2 aromatic heterocycles. The van der Waals surface area contributed by atoms with Crippen LogP contribution in [0.15, 0.2) is 53.2 Å². The Bertz CT molecular complexity index is 892. The number of carbonyl (C=O) groups excluding carboxylic acids is 2. The highest BCUT2D eigenvalue weighted by Crippen LogP contribution is 2.32. The van der Waals surface area contributed by atoms with Crippen LogP contribution in [0, 0.1) is 5.82 Å². The molecule has 5 nitrogen and oxygen atoms in total. The maximum absolute atomic E-state index is 12.8. The van der Waals surface area contributed by atoms with Gasteiger partial charge in [-0.2, -0.15) is 11.3 Å². The van der Waals surface area contributed by atoms with E-state index in [1.165, 1.54) is 35.6 Å². The SMILES string of the molecule is O=C(NCC(O)c1ccc(-c2ccsc2)s1)C(=O)Nc1ccc(F)cc1. The summed E-state index contributed by atoms with van der Waals surface area (Å²) < 4.78 is 12.8. The van der Waals surface area contributed by atoms with E-state index in [2.05, 4.69) is 10.6 Å². The molecule has 2 heterocycles. The summed E-state index contributed by atoms with van der Waals surface area (Å²) in [6.45, 7) is -0.0841. The van der Waals surface area contributed by atoms with Gasteiger partial charge in [-0.05, 0) is 53.2 Å². The van der Waals surface area contributed by atoms with Crippen molar-refractivity contribution >= 4 is 40.2 Å². The Hall–Kier alpha value is -2.55. The van der Waals surface area contributed by atoms with Crippen molar-refractivity contribution in [1.29, 1.82) is 0 Å². The second-order valence-corrected chi connectivity index (χ2v) is 7.30. The summed E-state index contributed by atoms with van der Waals surface area (Å²) in [6, 6.07) is 10.8. The molecule has 1 atom stereocenters. The molecule has 0 aliphatic rings. The lowest BCUT2D eigenvalue weighted by molar-refractivity contribution is -0.136. The van der Waals surface area contributed by atoms with Crippen molar-refractivity contribution < 1.29 is 19.1 Å². The van der Waals surface area contributed by atoms with Crippen molar-refractivity contribution in [3.8, 4) is 10.4 Å². The Morgan fingerprint density at radius 1 is 1.08 bits per heavy atom. The standard InChI is InChI=1S/C18H15FN2O3S2/c19-12-1-3-13(4-2-12)21-18(24)17(23)20-9-14(22)16-6-5-15(26-16)11-7-8-25-10-11/h1-8,10,14,22H,9H2,(H,20,23)(H,21,24). The largest absolute Gasteiger partial charge is 0.386 e. The third kappa shape index (κ3) is 4.54. The Morgan fingerprint density at radius 2 is 1.85 bits per heavy atom. The number of rotatable bonds is 5. The van der Waals surface area contributed by atoms with Crippen LogP contribution in [-0.4, -0.2) is 23.5 Å². The van der Waals surface area contributed by atoms with Gasteiger partial charge in [0.25, 0.3) is 0 Å². The molecule has 134 valence electrons. The topological polar surface area (TPSA) is 78.4 Å². The van der Waals surface area contributed by atoms with E-state index in [-0.39, 0.29) is 6.54 Å². The van der Waals surface area contributed by atoms with Crippen molar-refractivity contribution in [1.82, 2.24) is 5.32 Å². The molecule has 8 heteroatoms. The molecule has 0 fully saturated rings. The molecule has 1 aromatic carbocycles. The van der Waals surface area contributed by atoms with Crippen LogP contribution in [0.4, 0.5) is 10.1 Å². The van der Waals surface area contributed by atoms with E-state index in [4.69, 9.17) is 0 Å². The Morgan fingerprint density at radius 3 is 2.54 bits per heavy atom. The highest BCUT2D eigenvalue weighted by Gasteiger charge is 2.17. The second-order valence-electron chi connectivity index (χ2n) is 5.40. The first-order chi connectivity index (χ1) is 12.5. The van der Waals surface area contributed by atoms with Gasteiger partial charge in [0.05, 0.1) is 0 Å². The Labute approximate surface area is 157 Å². The minimum atomic E-state index is -0.907. The molecule has 3 rings (SSSR count). The predicted molar refractivity (Wildman–Crippen MR) is 101 cm³/mol. The average molecular weight is 390 g/mol. The fraction of sp³-hybridized carbons (Fsp3) is 0.111. The van der Waals surface area contributed by atoms with Gasteiger partial charge in [0.15, 0.2) is 0 Å². The molecule has 0 bridgehead atoms. The molecule has 0 saturated carbocycles. The number of thiophene rings is 2. The summed E-state index contributed by atoms with van der Waals surface area (Å²) in [5.41, 5.74) is 1.40.